The van der Waals surface area contributed by atoms with Crippen molar-refractivity contribution in [1.82, 2.24) is 14.7 Å². The average Bonchev–Trinajstić information content (AvgIpc) is 2.65. The summed E-state index contributed by atoms with van der Waals surface area (Å²) in [4.78, 5) is 8.93. The van der Waals surface area contributed by atoms with Crippen LogP contribution < -0.4 is 9.46 Å². The molecule has 1 aromatic carbocycles. The van der Waals surface area contributed by atoms with Crippen molar-refractivity contribution in [1.29, 1.82) is 0 Å². The van der Waals surface area contributed by atoms with E-state index in [4.69, 9.17) is 16.3 Å². The van der Waals surface area contributed by atoms with Gasteiger partial charge in [0.25, 0.3) is 0 Å². The number of nitrogens with one attached hydrogen (secondary N) is 1. The van der Waals surface area contributed by atoms with Crippen LogP contribution >= 0.6 is 23.4 Å². The molecule has 2 aromatic rings. The molecule has 8 heteroatoms. The van der Waals surface area contributed by atoms with Crippen LogP contribution in [-0.4, -0.2) is 32.6 Å². The van der Waals surface area contributed by atoms with Gasteiger partial charge in [0.2, 0.25) is 5.88 Å². The van der Waals surface area contributed by atoms with E-state index in [1.807, 2.05) is 57.4 Å². The molecule has 0 fully saturated rings. The number of nitrogens with zero attached hydrogens (tertiary/aromatic N) is 2. The van der Waals surface area contributed by atoms with E-state index in [9.17, 15) is 4.55 Å². The molecule has 5 nitrogen and oxygen atoms in total. The molecule has 0 aliphatic rings. The summed E-state index contributed by atoms with van der Waals surface area (Å²) < 4.78 is 21.1. The van der Waals surface area contributed by atoms with Gasteiger partial charge < -0.3 is 9.29 Å². The van der Waals surface area contributed by atoms with Crippen molar-refractivity contribution < 1.29 is 9.29 Å². The minimum absolute atomic E-state index is 0.115. The van der Waals surface area contributed by atoms with Crippen LogP contribution in [0.5, 0.6) is 5.88 Å². The highest BCUT2D eigenvalue weighted by Crippen LogP contribution is 2.30. The molecule has 28 heavy (non-hydrogen) atoms. The Balaban J connectivity index is 2.30. The number of hydrogen-bond acceptors (Lipinski definition) is 6. The first-order chi connectivity index (χ1) is 13.1. The van der Waals surface area contributed by atoms with Gasteiger partial charge in [-0.3, -0.25) is 0 Å². The highest BCUT2D eigenvalue weighted by molar-refractivity contribution is 7.98. The van der Waals surface area contributed by atoms with E-state index in [0.717, 1.165) is 11.3 Å². The average molecular weight is 442 g/mol. The van der Waals surface area contributed by atoms with E-state index in [2.05, 4.69) is 21.6 Å². The number of ether oxygens (including phenoxy) is 1. The summed E-state index contributed by atoms with van der Waals surface area (Å²) in [6, 6.07) is 9.41. The van der Waals surface area contributed by atoms with E-state index in [1.165, 1.54) is 11.8 Å². The fourth-order valence-electron chi connectivity index (χ4n) is 2.67. The Morgan fingerprint density at radius 3 is 2.43 bits per heavy atom. The summed E-state index contributed by atoms with van der Waals surface area (Å²) in [6.07, 6.45) is 2.63. The third kappa shape index (κ3) is 6.52. The van der Waals surface area contributed by atoms with Gasteiger partial charge in [-0.1, -0.05) is 42.4 Å². The third-order valence-electron chi connectivity index (χ3n) is 4.25. The number of methoxy groups -OCH3 is 1. The van der Waals surface area contributed by atoms with Crippen molar-refractivity contribution >= 4 is 34.7 Å². The zero-order chi connectivity index (χ0) is 20.9. The SMILES string of the molecule is COc1cc(C[C@H](C)[C@H](N[S+]([O-])C(C)(C)C)c2ccc(Cl)cc2)nc(SC)n1. The van der Waals surface area contributed by atoms with Crippen LogP contribution in [0.15, 0.2) is 35.5 Å². The molecular weight excluding hydrogens is 414 g/mol. The number of rotatable bonds is 8. The zero-order valence-electron chi connectivity index (χ0n) is 17.2. The Labute approximate surface area is 180 Å². The highest BCUT2D eigenvalue weighted by atomic mass is 35.5. The Morgan fingerprint density at radius 1 is 1.25 bits per heavy atom. The number of aromatic nitrogens is 2. The minimum Gasteiger partial charge on any atom is -0.598 e. The lowest BCUT2D eigenvalue weighted by Crippen LogP contribution is -2.43. The molecule has 0 radical (unpaired) electrons. The summed E-state index contributed by atoms with van der Waals surface area (Å²) in [7, 11) is 1.60. The predicted molar refractivity (Wildman–Crippen MR) is 118 cm³/mol. The van der Waals surface area contributed by atoms with Crippen LogP contribution in [0.1, 0.15) is 45.0 Å². The largest absolute Gasteiger partial charge is 0.598 e. The molecule has 1 unspecified atom stereocenters. The van der Waals surface area contributed by atoms with Crippen molar-refractivity contribution in [3.8, 4) is 5.88 Å². The first-order valence-electron chi connectivity index (χ1n) is 9.03. The summed E-state index contributed by atoms with van der Waals surface area (Å²) in [5, 5.41) is 1.35. The number of halogens is 1. The fraction of sp³-hybridized carbons (Fsp3) is 0.500. The van der Waals surface area contributed by atoms with Gasteiger partial charge in [0.1, 0.15) is 4.75 Å². The van der Waals surface area contributed by atoms with Crippen molar-refractivity contribution in [3.05, 3.63) is 46.6 Å². The Kier molecular flexibility index (Phi) is 8.45. The zero-order valence-corrected chi connectivity index (χ0v) is 19.5. The molecule has 0 bridgehead atoms. The standard InChI is InChI=1S/C20H28ClN3O2S2/c1-13(11-16-12-17(26-5)23-19(22-16)27-6)18(24-28(25)20(2,3)4)14-7-9-15(21)10-8-14/h7-10,12-13,18,24H,11H2,1-6H3/t13-,18-,28?/m0/s1. The van der Waals surface area contributed by atoms with Gasteiger partial charge in [0, 0.05) is 28.1 Å². The first-order valence-corrected chi connectivity index (χ1v) is 11.8. The first kappa shape index (κ1) is 23.3. The third-order valence-corrected chi connectivity index (χ3v) is 6.63. The van der Waals surface area contributed by atoms with Crippen LogP contribution in [0.3, 0.4) is 0 Å². The van der Waals surface area contributed by atoms with Crippen molar-refractivity contribution in [2.45, 2.75) is 50.1 Å². The second-order valence-electron chi connectivity index (χ2n) is 7.60. The second kappa shape index (κ2) is 10.2. The minimum atomic E-state index is -1.21. The molecule has 0 saturated heterocycles. The molecule has 1 aromatic heterocycles. The predicted octanol–water partition coefficient (Wildman–Crippen LogP) is 4.83. The maximum absolute atomic E-state index is 12.8. The maximum Gasteiger partial charge on any atom is 0.217 e. The van der Waals surface area contributed by atoms with Crippen LogP contribution in [0.4, 0.5) is 0 Å². The Morgan fingerprint density at radius 2 is 1.89 bits per heavy atom. The fourth-order valence-corrected chi connectivity index (χ4v) is 4.14. The quantitative estimate of drug-likeness (QED) is 0.359. The number of hydrogen-bond donors (Lipinski definition) is 1. The van der Waals surface area contributed by atoms with Crippen molar-refractivity contribution in [2.24, 2.45) is 5.92 Å². The number of thioether (sulfide) groups is 1. The van der Waals surface area contributed by atoms with E-state index >= 15 is 0 Å². The van der Waals surface area contributed by atoms with Crippen LogP contribution in [0, 0.1) is 5.92 Å². The lowest BCUT2D eigenvalue weighted by molar-refractivity contribution is 0.386. The molecular formula is C20H28ClN3O2S2. The van der Waals surface area contributed by atoms with Gasteiger partial charge >= 0.3 is 0 Å². The summed E-state index contributed by atoms with van der Waals surface area (Å²) in [5.74, 6) is 0.678. The molecule has 0 saturated carbocycles. The van der Waals surface area contributed by atoms with Crippen molar-refractivity contribution in [3.63, 3.8) is 0 Å². The normalized spacial score (nSPS) is 15.1. The van der Waals surface area contributed by atoms with E-state index in [0.29, 0.717) is 22.5 Å². The van der Waals surface area contributed by atoms with Gasteiger partial charge in [-0.15, -0.1) is 4.72 Å². The van der Waals surface area contributed by atoms with E-state index in [-0.39, 0.29) is 16.7 Å². The lowest BCUT2D eigenvalue weighted by Gasteiger charge is -2.31. The molecule has 154 valence electrons. The van der Waals surface area contributed by atoms with Gasteiger partial charge in [-0.25, -0.2) is 4.98 Å². The lowest BCUT2D eigenvalue weighted by atomic mass is 9.91. The smallest absolute Gasteiger partial charge is 0.217 e. The molecule has 0 amide bonds. The summed E-state index contributed by atoms with van der Waals surface area (Å²) in [5.41, 5.74) is 1.94. The van der Waals surface area contributed by atoms with Gasteiger partial charge in [0.15, 0.2) is 5.16 Å². The molecule has 0 aliphatic carbocycles. The Hall–Kier alpha value is -0.990. The summed E-state index contributed by atoms with van der Waals surface area (Å²) >= 11 is 6.33. The van der Waals surface area contributed by atoms with Crippen LogP contribution in [0.25, 0.3) is 0 Å². The highest BCUT2D eigenvalue weighted by Gasteiger charge is 2.32. The van der Waals surface area contributed by atoms with Crippen molar-refractivity contribution in [2.75, 3.05) is 13.4 Å². The maximum atomic E-state index is 12.8. The molecule has 0 spiro atoms. The topological polar surface area (TPSA) is 70.1 Å². The van der Waals surface area contributed by atoms with Gasteiger partial charge in [0.05, 0.1) is 13.2 Å². The summed E-state index contributed by atoms with van der Waals surface area (Å²) in [6.45, 7) is 8.00. The molecule has 2 rings (SSSR count). The molecule has 1 N–H and O–H groups in total. The van der Waals surface area contributed by atoms with E-state index < -0.39 is 11.4 Å². The van der Waals surface area contributed by atoms with Gasteiger partial charge in [-0.05, 0) is 57.1 Å². The van der Waals surface area contributed by atoms with Crippen LogP contribution in [0.2, 0.25) is 5.02 Å². The molecule has 3 atom stereocenters. The Bertz CT molecular complexity index is 747. The van der Waals surface area contributed by atoms with Crippen LogP contribution in [-0.2, 0) is 17.8 Å². The number of benzene rings is 1. The molecule has 1 heterocycles. The monoisotopic (exact) mass is 441 g/mol. The molecule has 0 aliphatic heterocycles. The van der Waals surface area contributed by atoms with E-state index in [1.54, 1.807) is 7.11 Å². The second-order valence-corrected chi connectivity index (χ2v) is 10.8. The van der Waals surface area contributed by atoms with Gasteiger partial charge in [-0.2, -0.15) is 4.98 Å².